The van der Waals surface area contributed by atoms with Crippen LogP contribution in [-0.4, -0.2) is 0 Å². The Balaban J connectivity index is 1.64. The molecule has 19 heavy (non-hydrogen) atoms. The van der Waals surface area contributed by atoms with Gasteiger partial charge in [-0.1, -0.05) is 42.5 Å². The van der Waals surface area contributed by atoms with Crippen LogP contribution < -0.4 is 5.73 Å². The second-order valence-electron chi connectivity index (χ2n) is 5.92. The van der Waals surface area contributed by atoms with Crippen LogP contribution in [-0.2, 0) is 19.3 Å². The average Bonchev–Trinajstić information content (AvgIpc) is 2.87. The molecule has 2 aromatic carbocycles. The quantitative estimate of drug-likeness (QED) is 0.866. The van der Waals surface area contributed by atoms with Gasteiger partial charge in [0.15, 0.2) is 0 Å². The fourth-order valence-electron chi connectivity index (χ4n) is 3.65. The van der Waals surface area contributed by atoms with Gasteiger partial charge in [-0.05, 0) is 53.5 Å². The maximum absolute atomic E-state index is 6.51. The molecule has 2 atom stereocenters. The Morgan fingerprint density at radius 2 is 1.79 bits per heavy atom. The standard InChI is InChI=1S/C18H19N/c19-18(17-11-14-4-1-2-7-16(14)17)15-9-8-12-5-3-6-13(12)10-15/h1-2,4,7-10,17-18H,3,5-6,11,19H2. The van der Waals surface area contributed by atoms with E-state index in [0.29, 0.717) is 5.92 Å². The Labute approximate surface area is 114 Å². The van der Waals surface area contributed by atoms with Crippen LogP contribution in [0.3, 0.4) is 0 Å². The SMILES string of the molecule is NC(c1ccc2c(c1)CCC2)C1Cc2ccccc21. The summed E-state index contributed by atoms with van der Waals surface area (Å²) in [5, 5.41) is 0. The lowest BCUT2D eigenvalue weighted by Gasteiger charge is -2.35. The fraction of sp³-hybridized carbons (Fsp3) is 0.333. The van der Waals surface area contributed by atoms with Gasteiger partial charge in [-0.25, -0.2) is 0 Å². The van der Waals surface area contributed by atoms with Gasteiger partial charge in [0.1, 0.15) is 0 Å². The Morgan fingerprint density at radius 1 is 0.947 bits per heavy atom. The summed E-state index contributed by atoms with van der Waals surface area (Å²) in [6, 6.07) is 15.8. The summed E-state index contributed by atoms with van der Waals surface area (Å²) in [5.74, 6) is 0.510. The summed E-state index contributed by atoms with van der Waals surface area (Å²) in [6.45, 7) is 0. The zero-order valence-corrected chi connectivity index (χ0v) is 11.1. The molecule has 2 N–H and O–H groups in total. The van der Waals surface area contributed by atoms with Crippen LogP contribution >= 0.6 is 0 Å². The van der Waals surface area contributed by atoms with Gasteiger partial charge >= 0.3 is 0 Å². The molecule has 0 amide bonds. The first kappa shape index (κ1) is 11.2. The largest absolute Gasteiger partial charge is 0.323 e. The van der Waals surface area contributed by atoms with E-state index < -0.39 is 0 Å². The molecule has 2 unspecified atom stereocenters. The predicted octanol–water partition coefficient (Wildman–Crippen LogP) is 3.52. The highest BCUT2D eigenvalue weighted by molar-refractivity contribution is 5.44. The summed E-state index contributed by atoms with van der Waals surface area (Å²) in [7, 11) is 0. The molecule has 0 bridgehead atoms. The zero-order chi connectivity index (χ0) is 12.8. The molecule has 0 saturated heterocycles. The van der Waals surface area contributed by atoms with Crippen molar-refractivity contribution in [2.24, 2.45) is 5.73 Å². The minimum atomic E-state index is 0.154. The van der Waals surface area contributed by atoms with Crippen molar-refractivity contribution in [2.45, 2.75) is 37.6 Å². The van der Waals surface area contributed by atoms with Crippen molar-refractivity contribution in [1.82, 2.24) is 0 Å². The van der Waals surface area contributed by atoms with Crippen LogP contribution in [0.2, 0.25) is 0 Å². The first-order chi connectivity index (χ1) is 9.33. The van der Waals surface area contributed by atoms with Gasteiger partial charge in [0.05, 0.1) is 0 Å². The summed E-state index contributed by atoms with van der Waals surface area (Å²) in [5.41, 5.74) is 13.8. The van der Waals surface area contributed by atoms with Crippen LogP contribution in [0.25, 0.3) is 0 Å². The number of hydrogen-bond acceptors (Lipinski definition) is 1. The van der Waals surface area contributed by atoms with Crippen molar-refractivity contribution >= 4 is 0 Å². The summed E-state index contributed by atoms with van der Waals surface area (Å²) in [6.07, 6.45) is 4.92. The van der Waals surface area contributed by atoms with Crippen LogP contribution in [0.1, 0.15) is 46.2 Å². The molecule has 0 saturated carbocycles. The Morgan fingerprint density at radius 3 is 2.68 bits per heavy atom. The molecule has 2 aliphatic rings. The monoisotopic (exact) mass is 249 g/mol. The van der Waals surface area contributed by atoms with Crippen molar-refractivity contribution in [1.29, 1.82) is 0 Å². The number of benzene rings is 2. The van der Waals surface area contributed by atoms with Crippen LogP contribution in [0.4, 0.5) is 0 Å². The van der Waals surface area contributed by atoms with Crippen molar-refractivity contribution in [2.75, 3.05) is 0 Å². The highest BCUT2D eigenvalue weighted by Crippen LogP contribution is 2.42. The van der Waals surface area contributed by atoms with Gasteiger partial charge in [0.2, 0.25) is 0 Å². The molecule has 0 spiro atoms. The summed E-state index contributed by atoms with van der Waals surface area (Å²) in [4.78, 5) is 0. The molecular weight excluding hydrogens is 230 g/mol. The second-order valence-corrected chi connectivity index (χ2v) is 5.92. The topological polar surface area (TPSA) is 26.0 Å². The number of nitrogens with two attached hydrogens (primary N) is 1. The fourth-order valence-corrected chi connectivity index (χ4v) is 3.65. The lowest BCUT2D eigenvalue weighted by molar-refractivity contribution is 0.500. The van der Waals surface area contributed by atoms with Crippen LogP contribution in [0.15, 0.2) is 42.5 Å². The minimum absolute atomic E-state index is 0.154. The molecule has 2 aromatic rings. The predicted molar refractivity (Wildman–Crippen MR) is 78.3 cm³/mol. The van der Waals surface area contributed by atoms with Gasteiger partial charge in [-0.2, -0.15) is 0 Å². The first-order valence-corrected chi connectivity index (χ1v) is 7.28. The summed E-state index contributed by atoms with van der Waals surface area (Å²) >= 11 is 0. The van der Waals surface area contributed by atoms with E-state index in [0.717, 1.165) is 6.42 Å². The number of aryl methyl sites for hydroxylation is 2. The van der Waals surface area contributed by atoms with E-state index in [1.54, 1.807) is 0 Å². The number of rotatable bonds is 2. The van der Waals surface area contributed by atoms with Crippen molar-refractivity contribution < 1.29 is 0 Å². The molecule has 0 aliphatic heterocycles. The third-order valence-corrected chi connectivity index (χ3v) is 4.84. The highest BCUT2D eigenvalue weighted by atomic mass is 14.7. The van der Waals surface area contributed by atoms with Crippen molar-refractivity contribution in [3.05, 3.63) is 70.3 Å². The lowest BCUT2D eigenvalue weighted by atomic mass is 9.72. The van der Waals surface area contributed by atoms with Gasteiger partial charge in [0, 0.05) is 12.0 Å². The Kier molecular flexibility index (Phi) is 2.49. The molecule has 2 aliphatic carbocycles. The van der Waals surface area contributed by atoms with E-state index in [-0.39, 0.29) is 6.04 Å². The van der Waals surface area contributed by atoms with Crippen molar-refractivity contribution in [3.63, 3.8) is 0 Å². The van der Waals surface area contributed by atoms with Gasteiger partial charge in [-0.3, -0.25) is 0 Å². The molecular formula is C18H19N. The molecule has 0 fully saturated rings. The first-order valence-electron chi connectivity index (χ1n) is 7.28. The maximum atomic E-state index is 6.51. The van der Waals surface area contributed by atoms with E-state index in [4.69, 9.17) is 5.73 Å². The molecule has 0 radical (unpaired) electrons. The summed E-state index contributed by atoms with van der Waals surface area (Å²) < 4.78 is 0. The lowest BCUT2D eigenvalue weighted by Crippen LogP contribution is -2.29. The van der Waals surface area contributed by atoms with E-state index in [9.17, 15) is 0 Å². The molecule has 1 heteroatoms. The third kappa shape index (κ3) is 1.73. The number of hydrogen-bond donors (Lipinski definition) is 1. The number of fused-ring (bicyclic) bond motifs is 2. The second kappa shape index (κ2) is 4.21. The van der Waals surface area contributed by atoms with E-state index in [1.165, 1.54) is 47.1 Å². The Bertz CT molecular complexity index is 629. The van der Waals surface area contributed by atoms with Crippen LogP contribution in [0, 0.1) is 0 Å². The molecule has 96 valence electrons. The average molecular weight is 249 g/mol. The van der Waals surface area contributed by atoms with E-state index >= 15 is 0 Å². The van der Waals surface area contributed by atoms with Gasteiger partial charge < -0.3 is 5.73 Å². The zero-order valence-electron chi connectivity index (χ0n) is 11.1. The molecule has 4 rings (SSSR count). The van der Waals surface area contributed by atoms with Crippen molar-refractivity contribution in [3.8, 4) is 0 Å². The van der Waals surface area contributed by atoms with Gasteiger partial charge in [-0.15, -0.1) is 0 Å². The molecule has 0 aromatic heterocycles. The maximum Gasteiger partial charge on any atom is 0.0367 e. The highest BCUT2D eigenvalue weighted by Gasteiger charge is 2.31. The van der Waals surface area contributed by atoms with Gasteiger partial charge in [0.25, 0.3) is 0 Å². The van der Waals surface area contributed by atoms with E-state index in [2.05, 4.69) is 42.5 Å². The Hall–Kier alpha value is -1.60. The molecule has 0 heterocycles. The van der Waals surface area contributed by atoms with E-state index in [1.807, 2.05) is 0 Å². The third-order valence-electron chi connectivity index (χ3n) is 4.84. The normalized spacial score (nSPS) is 21.4. The minimum Gasteiger partial charge on any atom is -0.323 e. The smallest absolute Gasteiger partial charge is 0.0367 e. The van der Waals surface area contributed by atoms with Crippen LogP contribution in [0.5, 0.6) is 0 Å². The molecule has 1 nitrogen and oxygen atoms in total.